The molecule has 0 amide bonds. The molecule has 10 heteroatoms. The molecule has 26 heavy (non-hydrogen) atoms. The molecule has 0 atom stereocenters. The zero-order valence-electron chi connectivity index (χ0n) is 14.2. The molecule has 4 rings (SSSR count). The third-order valence-corrected chi connectivity index (χ3v) is 4.15. The van der Waals surface area contributed by atoms with Gasteiger partial charge in [0, 0.05) is 12.4 Å². The highest BCUT2D eigenvalue weighted by Crippen LogP contribution is 2.28. The van der Waals surface area contributed by atoms with Crippen LogP contribution in [0.2, 0.25) is 5.15 Å². The third kappa shape index (κ3) is 2.53. The van der Waals surface area contributed by atoms with E-state index in [1.54, 1.807) is 30.9 Å². The molecule has 4 heterocycles. The third-order valence-electron chi connectivity index (χ3n) is 3.87. The van der Waals surface area contributed by atoms with Crippen LogP contribution in [-0.4, -0.2) is 42.7 Å². The average Bonchev–Trinajstić information content (AvgIpc) is 3.19. The molecule has 0 bridgehead atoms. The normalized spacial score (nSPS) is 11.2. The number of aromatic nitrogens is 6. The molecule has 0 unspecified atom stereocenters. The number of hydrogen-bond acceptors (Lipinski definition) is 7. The maximum atomic E-state index is 12.1. The highest BCUT2D eigenvalue weighted by atomic mass is 35.5. The largest absolute Gasteiger partial charge is 0.465 e. The highest BCUT2D eigenvalue weighted by Gasteiger charge is 2.21. The van der Waals surface area contributed by atoms with Crippen molar-refractivity contribution in [3.8, 4) is 0 Å². The standard InChI is InChI=1S/C16H14ClN7O2/c1-7-19-12(17)11-10(16(25)26-3)6-24(15(11)22-7)23-14-9-4-5-18-13(9)20-8(2)21-14/h4-6H,1-3H3,(H2,18,20,21,23). The van der Waals surface area contributed by atoms with Crippen LogP contribution in [0.3, 0.4) is 0 Å². The van der Waals surface area contributed by atoms with Crippen LogP contribution < -0.4 is 5.43 Å². The predicted octanol–water partition coefficient (Wildman–Crippen LogP) is 2.63. The molecule has 0 aliphatic heterocycles. The lowest BCUT2D eigenvalue weighted by molar-refractivity contribution is 0.0603. The molecule has 132 valence electrons. The number of ether oxygens (including phenoxy) is 1. The van der Waals surface area contributed by atoms with E-state index in [2.05, 4.69) is 30.3 Å². The fourth-order valence-corrected chi connectivity index (χ4v) is 3.10. The minimum absolute atomic E-state index is 0.180. The molecule has 0 aliphatic rings. The molecule has 4 aromatic heterocycles. The van der Waals surface area contributed by atoms with E-state index in [9.17, 15) is 4.79 Å². The number of fused-ring (bicyclic) bond motifs is 2. The van der Waals surface area contributed by atoms with Crippen molar-refractivity contribution >= 4 is 45.5 Å². The van der Waals surface area contributed by atoms with Crippen molar-refractivity contribution in [2.45, 2.75) is 13.8 Å². The second kappa shape index (κ2) is 5.95. The summed E-state index contributed by atoms with van der Waals surface area (Å²) < 4.78 is 6.42. The lowest BCUT2D eigenvalue weighted by Gasteiger charge is -2.09. The molecule has 0 radical (unpaired) electrons. The number of hydrogen-bond donors (Lipinski definition) is 2. The number of anilines is 1. The van der Waals surface area contributed by atoms with Crippen molar-refractivity contribution in [3.63, 3.8) is 0 Å². The van der Waals surface area contributed by atoms with E-state index >= 15 is 0 Å². The van der Waals surface area contributed by atoms with Gasteiger partial charge in [-0.15, -0.1) is 0 Å². The number of carbonyl (C=O) groups is 1. The van der Waals surface area contributed by atoms with Gasteiger partial charge in [0.2, 0.25) is 0 Å². The minimum atomic E-state index is -0.532. The number of carbonyl (C=O) groups excluding carboxylic acids is 1. The van der Waals surface area contributed by atoms with Crippen LogP contribution >= 0.6 is 11.6 Å². The second-order valence-corrected chi connectivity index (χ2v) is 5.99. The zero-order chi connectivity index (χ0) is 18.4. The van der Waals surface area contributed by atoms with Crippen LogP contribution in [0, 0.1) is 13.8 Å². The Morgan fingerprint density at radius 1 is 1.23 bits per heavy atom. The molecule has 9 nitrogen and oxygen atoms in total. The van der Waals surface area contributed by atoms with Crippen LogP contribution in [0.5, 0.6) is 0 Å². The van der Waals surface area contributed by atoms with Gasteiger partial charge >= 0.3 is 5.97 Å². The SMILES string of the molecule is COC(=O)c1cn(Nc2nc(C)nc3[nH]ccc23)c2nc(C)nc(Cl)c12. The van der Waals surface area contributed by atoms with Crippen LogP contribution in [0.15, 0.2) is 18.5 Å². The van der Waals surface area contributed by atoms with E-state index in [4.69, 9.17) is 16.3 Å². The van der Waals surface area contributed by atoms with E-state index < -0.39 is 5.97 Å². The molecule has 0 aromatic carbocycles. The summed E-state index contributed by atoms with van der Waals surface area (Å²) in [5, 5.41) is 1.39. The fourth-order valence-electron chi connectivity index (χ4n) is 2.79. The topological polar surface area (TPSA) is 111 Å². The second-order valence-electron chi connectivity index (χ2n) is 5.64. The van der Waals surface area contributed by atoms with Gasteiger partial charge in [0.15, 0.2) is 11.5 Å². The summed E-state index contributed by atoms with van der Waals surface area (Å²) in [7, 11) is 1.30. The van der Waals surface area contributed by atoms with E-state index in [0.29, 0.717) is 34.1 Å². The number of H-pyrrole nitrogens is 1. The summed E-state index contributed by atoms with van der Waals surface area (Å²) in [6, 6.07) is 1.86. The molecule has 0 saturated heterocycles. The number of halogens is 1. The van der Waals surface area contributed by atoms with E-state index in [-0.39, 0.29) is 10.7 Å². The van der Waals surface area contributed by atoms with Crippen molar-refractivity contribution in [1.82, 2.24) is 29.6 Å². The van der Waals surface area contributed by atoms with Gasteiger partial charge < -0.3 is 9.72 Å². The Hall–Kier alpha value is -3.20. The van der Waals surface area contributed by atoms with E-state index in [1.165, 1.54) is 7.11 Å². The van der Waals surface area contributed by atoms with Crippen molar-refractivity contribution in [2.24, 2.45) is 0 Å². The molecule has 0 fully saturated rings. The predicted molar refractivity (Wildman–Crippen MR) is 96.3 cm³/mol. The van der Waals surface area contributed by atoms with Gasteiger partial charge in [-0.25, -0.2) is 29.4 Å². The molecular formula is C16H14ClN7O2. The average molecular weight is 372 g/mol. The van der Waals surface area contributed by atoms with Crippen LogP contribution in [0.4, 0.5) is 5.82 Å². The van der Waals surface area contributed by atoms with Crippen molar-refractivity contribution in [3.05, 3.63) is 40.8 Å². The summed E-state index contributed by atoms with van der Waals surface area (Å²) in [5.74, 6) is 1.10. The van der Waals surface area contributed by atoms with Gasteiger partial charge in [0.1, 0.15) is 22.4 Å². The summed E-state index contributed by atoms with van der Waals surface area (Å²) in [6.07, 6.45) is 3.34. The molecule has 0 spiro atoms. The first-order chi connectivity index (χ1) is 12.5. The first kappa shape index (κ1) is 16.3. The van der Waals surface area contributed by atoms with Gasteiger partial charge in [-0.3, -0.25) is 5.43 Å². The van der Waals surface area contributed by atoms with Crippen LogP contribution in [0.1, 0.15) is 22.0 Å². The maximum absolute atomic E-state index is 12.1. The van der Waals surface area contributed by atoms with Crippen LogP contribution in [-0.2, 0) is 4.74 Å². The molecule has 0 aliphatic carbocycles. The van der Waals surface area contributed by atoms with Gasteiger partial charge in [0.05, 0.1) is 23.4 Å². The van der Waals surface area contributed by atoms with Gasteiger partial charge in [-0.2, -0.15) is 0 Å². The fraction of sp³-hybridized carbons (Fsp3) is 0.188. The van der Waals surface area contributed by atoms with Crippen LogP contribution in [0.25, 0.3) is 22.1 Å². The zero-order valence-corrected chi connectivity index (χ0v) is 14.9. The van der Waals surface area contributed by atoms with E-state index in [0.717, 1.165) is 5.39 Å². The lowest BCUT2D eigenvalue weighted by Crippen LogP contribution is -2.11. The van der Waals surface area contributed by atoms with Crippen molar-refractivity contribution in [2.75, 3.05) is 12.5 Å². The smallest absolute Gasteiger partial charge is 0.340 e. The first-order valence-corrected chi connectivity index (χ1v) is 8.08. The number of aryl methyl sites for hydroxylation is 2. The minimum Gasteiger partial charge on any atom is -0.465 e. The first-order valence-electron chi connectivity index (χ1n) is 7.70. The number of methoxy groups -OCH3 is 1. The monoisotopic (exact) mass is 371 g/mol. The number of nitrogens with zero attached hydrogens (tertiary/aromatic N) is 5. The number of esters is 1. The van der Waals surface area contributed by atoms with Crippen molar-refractivity contribution in [1.29, 1.82) is 0 Å². The number of nitrogens with one attached hydrogen (secondary N) is 2. The Kier molecular flexibility index (Phi) is 3.73. The number of aromatic amines is 1. The molecule has 2 N–H and O–H groups in total. The Bertz CT molecular complexity index is 1160. The van der Waals surface area contributed by atoms with E-state index in [1.807, 2.05) is 6.07 Å². The van der Waals surface area contributed by atoms with Crippen molar-refractivity contribution < 1.29 is 9.53 Å². The Balaban J connectivity index is 1.94. The highest BCUT2D eigenvalue weighted by molar-refractivity contribution is 6.35. The molecule has 4 aromatic rings. The maximum Gasteiger partial charge on any atom is 0.340 e. The summed E-state index contributed by atoms with van der Waals surface area (Å²) in [4.78, 5) is 32.5. The quantitative estimate of drug-likeness (QED) is 0.420. The summed E-state index contributed by atoms with van der Waals surface area (Å²) >= 11 is 6.26. The van der Waals surface area contributed by atoms with Gasteiger partial charge in [0.25, 0.3) is 0 Å². The Morgan fingerprint density at radius 2 is 2.00 bits per heavy atom. The molecular weight excluding hydrogens is 358 g/mol. The Labute approximate surface area is 152 Å². The molecule has 0 saturated carbocycles. The number of rotatable bonds is 3. The Morgan fingerprint density at radius 3 is 2.77 bits per heavy atom. The van der Waals surface area contributed by atoms with Gasteiger partial charge in [-0.1, -0.05) is 11.6 Å². The van der Waals surface area contributed by atoms with Gasteiger partial charge in [-0.05, 0) is 19.9 Å². The summed E-state index contributed by atoms with van der Waals surface area (Å²) in [5.41, 5.74) is 4.57. The lowest BCUT2D eigenvalue weighted by atomic mass is 10.2. The summed E-state index contributed by atoms with van der Waals surface area (Å²) in [6.45, 7) is 3.52.